The van der Waals surface area contributed by atoms with Crippen LogP contribution in [0.3, 0.4) is 0 Å². The molecule has 2 nitrogen and oxygen atoms in total. The summed E-state index contributed by atoms with van der Waals surface area (Å²) in [5.74, 6) is -0.423. The van der Waals surface area contributed by atoms with Gasteiger partial charge < -0.3 is 5.11 Å². The maximum Gasteiger partial charge on any atom is 0.141 e. The van der Waals surface area contributed by atoms with Crippen LogP contribution in [0.25, 0.3) is 0 Å². The molecule has 1 atom stereocenters. The van der Waals surface area contributed by atoms with Gasteiger partial charge in [-0.3, -0.25) is 4.98 Å². The number of benzene rings is 1. The van der Waals surface area contributed by atoms with Crippen LogP contribution in [0.15, 0.2) is 41.0 Å². The lowest BCUT2D eigenvalue weighted by molar-refractivity contribution is 0.173. The third-order valence-electron chi connectivity index (χ3n) is 2.52. The van der Waals surface area contributed by atoms with E-state index in [4.69, 9.17) is 11.6 Å². The fourth-order valence-corrected chi connectivity index (χ4v) is 2.34. The Morgan fingerprint density at radius 1 is 1.33 bits per heavy atom. The van der Waals surface area contributed by atoms with Crippen LogP contribution < -0.4 is 0 Å². The molecule has 1 N–H and O–H groups in total. The van der Waals surface area contributed by atoms with Gasteiger partial charge in [-0.25, -0.2) is 4.39 Å². The molecule has 18 heavy (non-hydrogen) atoms. The number of halogens is 3. The Morgan fingerprint density at radius 3 is 2.72 bits per heavy atom. The number of aromatic nitrogens is 1. The van der Waals surface area contributed by atoms with Crippen molar-refractivity contribution in [3.05, 3.63) is 63.1 Å². The van der Waals surface area contributed by atoms with E-state index in [-0.39, 0.29) is 0 Å². The molecule has 0 bridgehead atoms. The van der Waals surface area contributed by atoms with E-state index in [1.807, 2.05) is 12.1 Å². The van der Waals surface area contributed by atoms with Crippen LogP contribution >= 0.6 is 27.5 Å². The van der Waals surface area contributed by atoms with E-state index < -0.39 is 11.9 Å². The molecule has 0 aliphatic carbocycles. The van der Waals surface area contributed by atoms with Gasteiger partial charge in [0, 0.05) is 15.9 Å². The van der Waals surface area contributed by atoms with E-state index in [1.54, 1.807) is 6.07 Å². The largest absolute Gasteiger partial charge is 0.386 e. The molecule has 0 saturated carbocycles. The van der Waals surface area contributed by atoms with Crippen LogP contribution in [-0.2, 0) is 6.42 Å². The second-order valence-electron chi connectivity index (χ2n) is 3.86. The van der Waals surface area contributed by atoms with Crippen molar-refractivity contribution in [2.45, 2.75) is 12.5 Å². The predicted octanol–water partition coefficient (Wildman–Crippen LogP) is 3.91. The third-order valence-corrected chi connectivity index (χ3v) is 3.37. The van der Waals surface area contributed by atoms with E-state index in [2.05, 4.69) is 20.9 Å². The number of nitrogens with zero attached hydrogens (tertiary/aromatic N) is 1. The minimum atomic E-state index is -0.802. The van der Waals surface area contributed by atoms with Crippen molar-refractivity contribution in [1.29, 1.82) is 0 Å². The summed E-state index contributed by atoms with van der Waals surface area (Å²) in [6, 6.07) is 8.19. The van der Waals surface area contributed by atoms with E-state index in [0.29, 0.717) is 17.1 Å². The number of hydrogen-bond donors (Lipinski definition) is 1. The SMILES string of the molecule is OC(Cc1ccc(Br)cc1Cl)c1ccc(F)cn1. The standard InChI is InChI=1S/C13H10BrClFNO/c14-9-2-1-8(11(15)6-9)5-13(18)12-4-3-10(16)7-17-12/h1-4,6-7,13,18H,5H2. The highest BCUT2D eigenvalue weighted by molar-refractivity contribution is 9.10. The molecule has 94 valence electrons. The number of aliphatic hydroxyl groups excluding tert-OH is 1. The highest BCUT2D eigenvalue weighted by Gasteiger charge is 2.12. The monoisotopic (exact) mass is 329 g/mol. The van der Waals surface area contributed by atoms with Crippen LogP contribution in [0.5, 0.6) is 0 Å². The molecule has 0 amide bonds. The van der Waals surface area contributed by atoms with Gasteiger partial charge in [-0.1, -0.05) is 33.6 Å². The zero-order chi connectivity index (χ0) is 13.1. The Hall–Kier alpha value is -0.970. The van der Waals surface area contributed by atoms with Gasteiger partial charge >= 0.3 is 0 Å². The first-order valence-corrected chi connectivity index (χ1v) is 6.47. The van der Waals surface area contributed by atoms with Crippen molar-refractivity contribution in [1.82, 2.24) is 4.98 Å². The van der Waals surface area contributed by atoms with Gasteiger partial charge in [-0.2, -0.15) is 0 Å². The second-order valence-corrected chi connectivity index (χ2v) is 5.18. The Kier molecular flexibility index (Phi) is 4.32. The summed E-state index contributed by atoms with van der Waals surface area (Å²) in [5, 5.41) is 10.6. The fraction of sp³-hybridized carbons (Fsp3) is 0.154. The zero-order valence-electron chi connectivity index (χ0n) is 9.28. The summed E-state index contributed by atoms with van der Waals surface area (Å²) in [7, 11) is 0. The van der Waals surface area contributed by atoms with Crippen molar-refractivity contribution in [3.63, 3.8) is 0 Å². The first-order chi connectivity index (χ1) is 8.56. The van der Waals surface area contributed by atoms with Crippen molar-refractivity contribution in [3.8, 4) is 0 Å². The van der Waals surface area contributed by atoms with Gasteiger partial charge in [0.1, 0.15) is 5.82 Å². The first-order valence-electron chi connectivity index (χ1n) is 5.29. The summed E-state index contributed by atoms with van der Waals surface area (Å²) in [6.45, 7) is 0. The highest BCUT2D eigenvalue weighted by atomic mass is 79.9. The molecule has 5 heteroatoms. The average molecular weight is 331 g/mol. The molecule has 2 rings (SSSR count). The van der Waals surface area contributed by atoms with Crippen LogP contribution in [-0.4, -0.2) is 10.1 Å². The van der Waals surface area contributed by atoms with E-state index in [9.17, 15) is 9.50 Å². The van der Waals surface area contributed by atoms with Crippen LogP contribution in [0.2, 0.25) is 5.02 Å². The van der Waals surface area contributed by atoms with Crippen molar-refractivity contribution in [2.75, 3.05) is 0 Å². The summed E-state index contributed by atoms with van der Waals surface area (Å²) < 4.78 is 13.6. The van der Waals surface area contributed by atoms with E-state index in [0.717, 1.165) is 16.2 Å². The number of hydrogen-bond acceptors (Lipinski definition) is 2. The van der Waals surface area contributed by atoms with Crippen molar-refractivity contribution < 1.29 is 9.50 Å². The fourth-order valence-electron chi connectivity index (χ4n) is 1.58. The Balaban J connectivity index is 2.15. The Labute approximate surface area is 118 Å². The smallest absolute Gasteiger partial charge is 0.141 e. The number of aliphatic hydroxyl groups is 1. The lowest BCUT2D eigenvalue weighted by Gasteiger charge is -2.11. The molecule has 1 heterocycles. The van der Waals surface area contributed by atoms with Crippen LogP contribution in [0, 0.1) is 5.82 Å². The summed E-state index contributed by atoms with van der Waals surface area (Å²) in [5.41, 5.74) is 1.24. The van der Waals surface area contributed by atoms with Crippen LogP contribution in [0.4, 0.5) is 4.39 Å². The number of pyridine rings is 1. The number of rotatable bonds is 3. The minimum Gasteiger partial charge on any atom is -0.386 e. The Morgan fingerprint density at radius 2 is 2.11 bits per heavy atom. The van der Waals surface area contributed by atoms with E-state index >= 15 is 0 Å². The molecule has 0 aliphatic heterocycles. The summed E-state index contributed by atoms with van der Waals surface area (Å²) in [6.07, 6.45) is 0.622. The topological polar surface area (TPSA) is 33.1 Å². The van der Waals surface area contributed by atoms with Crippen molar-refractivity contribution >= 4 is 27.5 Å². The third kappa shape index (κ3) is 3.28. The van der Waals surface area contributed by atoms with Gasteiger partial charge in [-0.15, -0.1) is 0 Å². The lowest BCUT2D eigenvalue weighted by Crippen LogP contribution is -2.04. The van der Waals surface area contributed by atoms with Crippen LogP contribution in [0.1, 0.15) is 17.4 Å². The van der Waals surface area contributed by atoms with Gasteiger partial charge in [0.15, 0.2) is 0 Å². The normalized spacial score (nSPS) is 12.4. The van der Waals surface area contributed by atoms with Crippen molar-refractivity contribution in [2.24, 2.45) is 0 Å². The Bertz CT molecular complexity index is 547. The molecule has 0 fully saturated rings. The highest BCUT2D eigenvalue weighted by Crippen LogP contribution is 2.25. The quantitative estimate of drug-likeness (QED) is 0.925. The van der Waals surface area contributed by atoms with Gasteiger partial charge in [0.25, 0.3) is 0 Å². The average Bonchev–Trinajstić information content (AvgIpc) is 2.33. The second kappa shape index (κ2) is 5.78. The summed E-state index contributed by atoms with van der Waals surface area (Å²) in [4.78, 5) is 3.84. The minimum absolute atomic E-state index is 0.338. The molecular weight excluding hydrogens is 321 g/mol. The molecule has 2 aromatic rings. The molecule has 1 aromatic heterocycles. The molecule has 0 radical (unpaired) electrons. The first kappa shape index (κ1) is 13.5. The molecule has 0 spiro atoms. The maximum atomic E-state index is 12.7. The molecule has 1 unspecified atom stereocenters. The predicted molar refractivity (Wildman–Crippen MR) is 72.0 cm³/mol. The molecule has 0 saturated heterocycles. The molecule has 1 aromatic carbocycles. The zero-order valence-corrected chi connectivity index (χ0v) is 11.6. The maximum absolute atomic E-state index is 12.7. The van der Waals surface area contributed by atoms with Gasteiger partial charge in [0.05, 0.1) is 18.0 Å². The summed E-state index contributed by atoms with van der Waals surface area (Å²) >= 11 is 9.38. The van der Waals surface area contributed by atoms with Gasteiger partial charge in [0.2, 0.25) is 0 Å². The molecule has 0 aliphatic rings. The molecular formula is C13H10BrClFNO. The lowest BCUT2D eigenvalue weighted by atomic mass is 10.1. The van der Waals surface area contributed by atoms with E-state index in [1.165, 1.54) is 12.1 Å². The van der Waals surface area contributed by atoms with Gasteiger partial charge in [-0.05, 0) is 29.8 Å².